The number of amides is 1. The average Bonchev–Trinajstić information content (AvgIpc) is 3.73. The van der Waals surface area contributed by atoms with Crippen LogP contribution in [0.3, 0.4) is 0 Å². The molecule has 53 heavy (non-hydrogen) atoms. The number of anilines is 3. The summed E-state index contributed by atoms with van der Waals surface area (Å²) in [5, 5.41) is 26.6. The minimum atomic E-state index is -2.65. The van der Waals surface area contributed by atoms with Crippen molar-refractivity contribution in [3.8, 4) is 11.1 Å². The van der Waals surface area contributed by atoms with E-state index in [1.165, 1.54) is 11.8 Å². The summed E-state index contributed by atoms with van der Waals surface area (Å²) in [6.45, 7) is 7.21. The van der Waals surface area contributed by atoms with Crippen LogP contribution in [-0.4, -0.2) is 102 Å². The second-order valence-electron chi connectivity index (χ2n) is 15.7. The lowest BCUT2D eigenvalue weighted by molar-refractivity contribution is -0.129. The van der Waals surface area contributed by atoms with Gasteiger partial charge in [0.25, 0.3) is 6.43 Å². The maximum atomic E-state index is 14.6. The number of alkyl halides is 2. The first-order valence-electron chi connectivity index (χ1n) is 18.7. The molecule has 15 heteroatoms. The number of carboxylic acid groups (broad SMARTS) is 1. The van der Waals surface area contributed by atoms with E-state index < -0.39 is 12.4 Å². The smallest absolute Gasteiger partial charge is 0.356 e. The predicted molar refractivity (Wildman–Crippen MR) is 192 cm³/mol. The molecule has 3 fully saturated rings. The van der Waals surface area contributed by atoms with Gasteiger partial charge in [0.2, 0.25) is 5.91 Å². The molecule has 5 aliphatic rings. The fourth-order valence-electron chi connectivity index (χ4n) is 9.56. The minimum absolute atomic E-state index is 0.00913. The lowest BCUT2D eigenvalue weighted by Crippen LogP contribution is -2.67. The van der Waals surface area contributed by atoms with Crippen LogP contribution >= 0.6 is 0 Å². The molecule has 4 aliphatic heterocycles. The molecule has 0 atom stereocenters. The van der Waals surface area contributed by atoms with Gasteiger partial charge in [-0.1, -0.05) is 0 Å². The number of hydrogen-bond acceptors (Lipinski definition) is 9. The van der Waals surface area contributed by atoms with E-state index in [-0.39, 0.29) is 23.2 Å². The molecule has 1 amide bonds. The number of benzene rings is 1. The number of hydrogen-bond donors (Lipinski definition) is 1. The van der Waals surface area contributed by atoms with Gasteiger partial charge in [0.15, 0.2) is 17.3 Å². The predicted octanol–water partition coefficient (Wildman–Crippen LogP) is 5.00. The van der Waals surface area contributed by atoms with E-state index in [2.05, 4.69) is 34.7 Å². The van der Waals surface area contributed by atoms with Crippen LogP contribution in [-0.2, 0) is 31.2 Å². The Balaban J connectivity index is 0.922. The highest BCUT2D eigenvalue weighted by Crippen LogP contribution is 2.52. The third-order valence-electron chi connectivity index (χ3n) is 12.3. The van der Waals surface area contributed by atoms with Gasteiger partial charge in [-0.15, -0.1) is 10.2 Å². The van der Waals surface area contributed by atoms with Gasteiger partial charge in [-0.05, 0) is 73.9 Å². The second kappa shape index (κ2) is 12.9. The van der Waals surface area contributed by atoms with E-state index in [1.807, 2.05) is 11.0 Å². The van der Waals surface area contributed by atoms with Crippen molar-refractivity contribution in [3.63, 3.8) is 0 Å². The summed E-state index contributed by atoms with van der Waals surface area (Å²) < 4.78 is 33.2. The summed E-state index contributed by atoms with van der Waals surface area (Å²) in [6.07, 6.45) is 7.40. The van der Waals surface area contributed by atoms with Gasteiger partial charge in [-0.2, -0.15) is 10.2 Å². The molecule has 1 N–H and O–H groups in total. The van der Waals surface area contributed by atoms with Crippen LogP contribution in [0.4, 0.5) is 26.1 Å². The first kappa shape index (κ1) is 33.9. The zero-order valence-corrected chi connectivity index (χ0v) is 30.1. The van der Waals surface area contributed by atoms with Crippen molar-refractivity contribution < 1.29 is 23.5 Å². The molecule has 0 unspecified atom stereocenters. The minimum Gasteiger partial charge on any atom is -0.476 e. The van der Waals surface area contributed by atoms with Gasteiger partial charge in [0, 0.05) is 105 Å². The first-order valence-corrected chi connectivity index (χ1v) is 18.7. The SMILES string of the molecule is CC(=O)N1CCc2c(c(N3CCCc4cc(-c5cnn(C)c5)c(C(F)F)cc43)nn2C2CCN(C3CC4(C3)CN(c3ccc(C(=O)O)nn3)C4)CC2)C1. The van der Waals surface area contributed by atoms with Gasteiger partial charge >= 0.3 is 5.97 Å². The number of carbonyl (C=O) groups is 2. The molecule has 3 aromatic heterocycles. The van der Waals surface area contributed by atoms with Crippen LogP contribution in [0.15, 0.2) is 36.7 Å². The Kier molecular flexibility index (Phi) is 8.24. The van der Waals surface area contributed by atoms with Crippen LogP contribution in [0.1, 0.15) is 84.4 Å². The number of piperidine rings is 1. The van der Waals surface area contributed by atoms with Crippen molar-refractivity contribution >= 4 is 29.2 Å². The molecular weight excluding hydrogens is 682 g/mol. The highest BCUT2D eigenvalue weighted by molar-refractivity contribution is 5.85. The van der Waals surface area contributed by atoms with Crippen LogP contribution in [0.2, 0.25) is 0 Å². The molecule has 1 aliphatic carbocycles. The molecule has 278 valence electrons. The maximum Gasteiger partial charge on any atom is 0.356 e. The summed E-state index contributed by atoms with van der Waals surface area (Å²) in [4.78, 5) is 32.5. The Morgan fingerprint density at radius 3 is 2.45 bits per heavy atom. The highest BCUT2D eigenvalue weighted by Gasteiger charge is 2.54. The van der Waals surface area contributed by atoms with Gasteiger partial charge in [-0.25, -0.2) is 13.6 Å². The third-order valence-corrected chi connectivity index (χ3v) is 12.3. The zero-order chi connectivity index (χ0) is 36.6. The first-order chi connectivity index (χ1) is 25.6. The van der Waals surface area contributed by atoms with Crippen LogP contribution < -0.4 is 9.80 Å². The Bertz CT molecular complexity index is 2060. The van der Waals surface area contributed by atoms with E-state index in [1.54, 1.807) is 43.2 Å². The van der Waals surface area contributed by atoms with E-state index in [0.29, 0.717) is 42.2 Å². The highest BCUT2D eigenvalue weighted by atomic mass is 19.3. The Hall–Kier alpha value is -4.92. The Morgan fingerprint density at radius 1 is 1.00 bits per heavy atom. The van der Waals surface area contributed by atoms with Gasteiger partial charge in [0.05, 0.1) is 18.8 Å². The molecule has 13 nitrogen and oxygen atoms in total. The molecule has 2 saturated heterocycles. The van der Waals surface area contributed by atoms with Crippen LogP contribution in [0.25, 0.3) is 11.1 Å². The number of carboxylic acids is 1. The van der Waals surface area contributed by atoms with Gasteiger partial charge in [-0.3, -0.25) is 14.2 Å². The number of halogens is 2. The van der Waals surface area contributed by atoms with Crippen molar-refractivity contribution in [1.82, 2.24) is 39.6 Å². The molecule has 1 aromatic carbocycles. The molecule has 4 aromatic rings. The third kappa shape index (κ3) is 5.92. The summed E-state index contributed by atoms with van der Waals surface area (Å²) in [5.74, 6) is 0.480. The molecule has 0 bridgehead atoms. The normalized spacial score (nSPS) is 20.4. The van der Waals surface area contributed by atoms with Crippen molar-refractivity contribution in [1.29, 1.82) is 0 Å². The van der Waals surface area contributed by atoms with Crippen molar-refractivity contribution in [2.45, 2.75) is 76.9 Å². The summed E-state index contributed by atoms with van der Waals surface area (Å²) in [7, 11) is 1.79. The van der Waals surface area contributed by atoms with Crippen molar-refractivity contribution in [3.05, 3.63) is 64.7 Å². The molecule has 9 rings (SSSR count). The zero-order valence-electron chi connectivity index (χ0n) is 30.1. The number of rotatable bonds is 7. The lowest BCUT2D eigenvalue weighted by atomic mass is 9.60. The largest absolute Gasteiger partial charge is 0.476 e. The summed E-state index contributed by atoms with van der Waals surface area (Å²) in [6, 6.07) is 7.61. The second-order valence-corrected chi connectivity index (χ2v) is 15.7. The van der Waals surface area contributed by atoms with Crippen molar-refractivity contribution in [2.24, 2.45) is 12.5 Å². The lowest BCUT2D eigenvalue weighted by Gasteiger charge is -2.61. The topological polar surface area (TPSA) is 129 Å². The molecule has 7 heterocycles. The number of carbonyl (C=O) groups excluding carboxylic acids is 1. The number of fused-ring (bicyclic) bond motifs is 2. The number of likely N-dealkylation sites (tertiary alicyclic amines) is 1. The van der Waals surface area contributed by atoms with Crippen molar-refractivity contribution in [2.75, 3.05) is 49.1 Å². The monoisotopic (exact) mass is 726 g/mol. The summed E-state index contributed by atoms with van der Waals surface area (Å²) in [5.41, 5.74) is 5.44. The standard InChI is InChI=1S/C38H44F2N10O3/c1-23(51)47-13-9-32-30(20-47)36(49-10-3-4-24-14-28(25-18-41-45(2)19-25)29(35(39)40)15-33(24)49)44-50(32)26-7-11-46(12-8-26)27-16-38(17-27)21-48(22-38)34-6-5-31(37(52)53)42-43-34/h5-6,14-15,18-19,26-27,35H,3-4,7-13,16-17,20-22H2,1-2H3,(H,52,53). The number of aromatic nitrogens is 6. The molecule has 1 saturated carbocycles. The van der Waals surface area contributed by atoms with E-state index in [9.17, 15) is 18.4 Å². The average molecular weight is 727 g/mol. The van der Waals surface area contributed by atoms with E-state index in [4.69, 9.17) is 10.2 Å². The van der Waals surface area contributed by atoms with E-state index in [0.717, 1.165) is 99.6 Å². The van der Waals surface area contributed by atoms with E-state index >= 15 is 0 Å². The Labute approximate surface area is 306 Å². The quantitative estimate of drug-likeness (QED) is 0.278. The fourth-order valence-corrected chi connectivity index (χ4v) is 9.56. The Morgan fingerprint density at radius 2 is 1.79 bits per heavy atom. The number of aromatic carboxylic acids is 1. The van der Waals surface area contributed by atoms with Crippen LogP contribution in [0, 0.1) is 5.41 Å². The van der Waals surface area contributed by atoms with Gasteiger partial charge in [0.1, 0.15) is 0 Å². The molecular formula is C38H44F2N10O3. The molecule has 0 radical (unpaired) electrons. The summed E-state index contributed by atoms with van der Waals surface area (Å²) >= 11 is 0. The number of nitrogens with zero attached hydrogens (tertiary/aromatic N) is 10. The van der Waals surface area contributed by atoms with Gasteiger partial charge < -0.3 is 24.7 Å². The fraction of sp³-hybridized carbons (Fsp3) is 0.526. The number of aryl methyl sites for hydroxylation is 2. The van der Waals surface area contributed by atoms with Crippen LogP contribution in [0.5, 0.6) is 0 Å². The maximum absolute atomic E-state index is 14.6. The molecule has 1 spiro atoms.